The molecule has 0 spiro atoms. The molecule has 1 heterocycles. The van der Waals surface area contributed by atoms with Crippen molar-refractivity contribution in [2.45, 2.75) is 17.3 Å². The van der Waals surface area contributed by atoms with Gasteiger partial charge in [0.05, 0.1) is 7.11 Å². The zero-order chi connectivity index (χ0) is 17.5. The lowest BCUT2D eigenvalue weighted by Gasteiger charge is -2.02. The Morgan fingerprint density at radius 1 is 1.04 bits per heavy atom. The first-order chi connectivity index (χ1) is 12.2. The maximum atomic E-state index is 12.9. The lowest BCUT2D eigenvalue weighted by Crippen LogP contribution is -1.98. The molecular weight excluding hydrogens is 357 g/mol. The molecule has 0 amide bonds. The van der Waals surface area contributed by atoms with Gasteiger partial charge in [-0.15, -0.1) is 10.2 Å². The first-order valence-corrected chi connectivity index (χ1v) is 9.61. The van der Waals surface area contributed by atoms with Crippen LogP contribution in [0.5, 0.6) is 5.75 Å². The molecule has 3 aromatic rings. The van der Waals surface area contributed by atoms with Gasteiger partial charge in [-0.05, 0) is 41.8 Å². The molecule has 0 saturated carbocycles. The van der Waals surface area contributed by atoms with Gasteiger partial charge < -0.3 is 10.1 Å². The normalized spacial score (nSPS) is 10.6. The van der Waals surface area contributed by atoms with Crippen molar-refractivity contribution in [3.05, 3.63) is 65.5 Å². The lowest BCUT2D eigenvalue weighted by atomic mass is 10.2. The van der Waals surface area contributed by atoms with Crippen LogP contribution in [0.1, 0.15) is 11.1 Å². The van der Waals surface area contributed by atoms with E-state index in [4.69, 9.17) is 4.74 Å². The van der Waals surface area contributed by atoms with Crippen LogP contribution >= 0.6 is 23.1 Å². The lowest BCUT2D eigenvalue weighted by molar-refractivity contribution is 0.414. The van der Waals surface area contributed by atoms with Gasteiger partial charge in [-0.25, -0.2) is 4.39 Å². The molecule has 0 saturated heterocycles. The maximum absolute atomic E-state index is 12.9. The summed E-state index contributed by atoms with van der Waals surface area (Å²) in [5, 5.41) is 12.3. The summed E-state index contributed by atoms with van der Waals surface area (Å²) in [5.41, 5.74) is 2.28. The van der Waals surface area contributed by atoms with E-state index in [-0.39, 0.29) is 5.82 Å². The quantitative estimate of drug-likeness (QED) is 0.582. The third-order valence-electron chi connectivity index (χ3n) is 3.54. The predicted octanol–water partition coefficient (Wildman–Crippen LogP) is 4.63. The molecule has 3 rings (SSSR count). The number of thioether (sulfide) groups is 1. The van der Waals surface area contributed by atoms with Crippen molar-refractivity contribution in [1.29, 1.82) is 0 Å². The van der Waals surface area contributed by atoms with Crippen molar-refractivity contribution in [2.75, 3.05) is 18.2 Å². The number of methoxy groups -OCH3 is 1. The van der Waals surface area contributed by atoms with E-state index in [1.165, 1.54) is 29.0 Å². The smallest absolute Gasteiger partial charge is 0.206 e. The van der Waals surface area contributed by atoms with Gasteiger partial charge >= 0.3 is 0 Å². The van der Waals surface area contributed by atoms with E-state index in [1.807, 2.05) is 12.1 Å². The monoisotopic (exact) mass is 375 g/mol. The highest BCUT2D eigenvalue weighted by Gasteiger charge is 2.05. The van der Waals surface area contributed by atoms with Crippen molar-refractivity contribution in [1.82, 2.24) is 10.2 Å². The van der Waals surface area contributed by atoms with Crippen LogP contribution in [0.25, 0.3) is 0 Å². The Bertz CT molecular complexity index is 791. The van der Waals surface area contributed by atoms with Crippen LogP contribution in [0.4, 0.5) is 9.52 Å². The van der Waals surface area contributed by atoms with Crippen LogP contribution in [0.2, 0.25) is 0 Å². The van der Waals surface area contributed by atoms with Crippen molar-refractivity contribution < 1.29 is 9.13 Å². The van der Waals surface area contributed by atoms with Crippen molar-refractivity contribution >= 4 is 28.2 Å². The number of halogens is 1. The fourth-order valence-corrected chi connectivity index (χ4v) is 3.97. The molecule has 0 atom stereocenters. The Hall–Kier alpha value is -2.12. The highest BCUT2D eigenvalue weighted by molar-refractivity contribution is 8.01. The number of aryl methyl sites for hydroxylation is 1. The predicted molar refractivity (Wildman–Crippen MR) is 101 cm³/mol. The number of hydrogen-bond donors (Lipinski definition) is 1. The number of hydrogen-bond acceptors (Lipinski definition) is 6. The topological polar surface area (TPSA) is 47.0 Å². The van der Waals surface area contributed by atoms with Gasteiger partial charge in [0.1, 0.15) is 11.6 Å². The summed E-state index contributed by atoms with van der Waals surface area (Å²) in [6.45, 7) is 0.603. The molecule has 0 radical (unpaired) electrons. The summed E-state index contributed by atoms with van der Waals surface area (Å²) in [7, 11) is 1.67. The summed E-state index contributed by atoms with van der Waals surface area (Å²) >= 11 is 3.23. The Morgan fingerprint density at radius 3 is 2.48 bits per heavy atom. The summed E-state index contributed by atoms with van der Waals surface area (Å²) in [5.74, 6) is 1.59. The molecular formula is C18H18FN3OS2. The highest BCUT2D eigenvalue weighted by atomic mass is 32.2. The average Bonchev–Trinajstić information content (AvgIpc) is 3.10. The summed E-state index contributed by atoms with van der Waals surface area (Å²) in [6, 6.07) is 14.5. The van der Waals surface area contributed by atoms with Crippen LogP contribution in [-0.2, 0) is 13.0 Å². The van der Waals surface area contributed by atoms with Crippen LogP contribution in [0, 0.1) is 5.82 Å². The molecule has 0 aliphatic rings. The van der Waals surface area contributed by atoms with E-state index in [1.54, 1.807) is 31.0 Å². The van der Waals surface area contributed by atoms with Gasteiger partial charge in [0, 0.05) is 12.3 Å². The fourth-order valence-electron chi connectivity index (χ4n) is 2.17. The van der Waals surface area contributed by atoms with Gasteiger partial charge in [-0.2, -0.15) is 0 Å². The minimum atomic E-state index is -0.227. The molecule has 25 heavy (non-hydrogen) atoms. The number of ether oxygens (including phenoxy) is 1. The number of aromatic nitrogens is 2. The van der Waals surface area contributed by atoms with E-state index >= 15 is 0 Å². The van der Waals surface area contributed by atoms with E-state index < -0.39 is 0 Å². The fraction of sp³-hybridized carbons (Fsp3) is 0.222. The number of benzene rings is 2. The molecule has 0 aliphatic carbocycles. The summed E-state index contributed by atoms with van der Waals surface area (Å²) < 4.78 is 19.0. The third kappa shape index (κ3) is 5.44. The maximum Gasteiger partial charge on any atom is 0.206 e. The number of nitrogens with one attached hydrogen (secondary N) is 1. The van der Waals surface area contributed by atoms with Crippen molar-refractivity contribution in [3.63, 3.8) is 0 Å². The Labute approximate surface area is 154 Å². The minimum absolute atomic E-state index is 0.227. The Morgan fingerprint density at radius 2 is 1.76 bits per heavy atom. The molecule has 0 aliphatic heterocycles. The van der Waals surface area contributed by atoms with Crippen molar-refractivity contribution in [3.8, 4) is 5.75 Å². The van der Waals surface area contributed by atoms with Crippen LogP contribution in [0.15, 0.2) is 52.9 Å². The number of anilines is 1. The molecule has 7 heteroatoms. The molecule has 1 N–H and O–H groups in total. The van der Waals surface area contributed by atoms with Gasteiger partial charge in [-0.1, -0.05) is 47.4 Å². The van der Waals surface area contributed by atoms with Crippen LogP contribution in [0.3, 0.4) is 0 Å². The number of rotatable bonds is 8. The third-order valence-corrected chi connectivity index (χ3v) is 5.55. The minimum Gasteiger partial charge on any atom is -0.497 e. The van der Waals surface area contributed by atoms with Crippen LogP contribution in [-0.4, -0.2) is 23.1 Å². The molecule has 2 aromatic carbocycles. The Kier molecular flexibility index (Phi) is 6.25. The summed E-state index contributed by atoms with van der Waals surface area (Å²) in [4.78, 5) is 0. The highest BCUT2D eigenvalue weighted by Crippen LogP contribution is 2.26. The largest absolute Gasteiger partial charge is 0.497 e. The first kappa shape index (κ1) is 17.7. The van der Waals surface area contributed by atoms with E-state index in [0.717, 1.165) is 33.0 Å². The molecule has 130 valence electrons. The second kappa shape index (κ2) is 8.82. The first-order valence-electron chi connectivity index (χ1n) is 7.80. The average molecular weight is 375 g/mol. The molecule has 0 unspecified atom stereocenters. The number of nitrogens with zero attached hydrogens (tertiary/aromatic N) is 2. The van der Waals surface area contributed by atoms with Crippen LogP contribution < -0.4 is 10.1 Å². The SMILES string of the molecule is COc1ccc(CCSc2nnc(NCc3ccc(F)cc3)s2)cc1. The molecule has 4 nitrogen and oxygen atoms in total. The standard InChI is InChI=1S/C18H18FN3OS2/c1-23-16-8-4-13(5-9-16)10-11-24-18-22-21-17(25-18)20-12-14-2-6-15(19)7-3-14/h2-9H,10-12H2,1H3,(H,20,21). The Balaban J connectivity index is 1.44. The van der Waals surface area contributed by atoms with Gasteiger partial charge in [0.25, 0.3) is 0 Å². The molecule has 0 bridgehead atoms. The zero-order valence-electron chi connectivity index (χ0n) is 13.7. The second-order valence-corrected chi connectivity index (χ2v) is 7.62. The van der Waals surface area contributed by atoms with E-state index in [9.17, 15) is 4.39 Å². The van der Waals surface area contributed by atoms with E-state index in [0.29, 0.717) is 6.54 Å². The zero-order valence-corrected chi connectivity index (χ0v) is 15.4. The second-order valence-electron chi connectivity index (χ2n) is 5.30. The molecule has 1 aromatic heterocycles. The van der Waals surface area contributed by atoms with Gasteiger partial charge in [0.15, 0.2) is 4.34 Å². The van der Waals surface area contributed by atoms with Crippen molar-refractivity contribution in [2.24, 2.45) is 0 Å². The van der Waals surface area contributed by atoms with Gasteiger partial charge in [-0.3, -0.25) is 0 Å². The summed E-state index contributed by atoms with van der Waals surface area (Å²) in [6.07, 6.45) is 0.965. The van der Waals surface area contributed by atoms with Gasteiger partial charge in [0.2, 0.25) is 5.13 Å². The van der Waals surface area contributed by atoms with E-state index in [2.05, 4.69) is 27.6 Å². The molecule has 0 fully saturated rings.